The van der Waals surface area contributed by atoms with Gasteiger partial charge in [-0.25, -0.2) is 0 Å². The molecule has 25 heavy (non-hydrogen) atoms. The summed E-state index contributed by atoms with van der Waals surface area (Å²) in [5.41, 5.74) is 2.64. The average molecular weight is 360 g/mol. The fourth-order valence-electron chi connectivity index (χ4n) is 2.50. The van der Waals surface area contributed by atoms with Crippen LogP contribution in [0.2, 0.25) is 5.02 Å². The molecule has 0 saturated heterocycles. The van der Waals surface area contributed by atoms with E-state index in [1.165, 1.54) is 11.1 Å². The smallest absolute Gasteiger partial charge is 0.260 e. The Hall–Kier alpha value is -2.00. The van der Waals surface area contributed by atoms with E-state index in [9.17, 15) is 4.79 Å². The molecule has 1 amide bonds. The van der Waals surface area contributed by atoms with E-state index in [0.717, 1.165) is 12.8 Å². The molecule has 0 heterocycles. The molecular formula is C21H26ClNO2. The highest BCUT2D eigenvalue weighted by Gasteiger charge is 2.15. The van der Waals surface area contributed by atoms with E-state index in [0.29, 0.717) is 23.2 Å². The Morgan fingerprint density at radius 1 is 1.08 bits per heavy atom. The van der Waals surface area contributed by atoms with Crippen LogP contribution in [0.3, 0.4) is 0 Å². The molecule has 0 saturated carbocycles. The van der Waals surface area contributed by atoms with E-state index in [2.05, 4.69) is 43.4 Å². The number of amides is 1. The van der Waals surface area contributed by atoms with Crippen LogP contribution >= 0.6 is 11.6 Å². The number of carbonyl (C=O) groups excluding carboxylic acids is 1. The number of carbonyl (C=O) groups is 1. The quantitative estimate of drug-likeness (QED) is 0.675. The van der Waals surface area contributed by atoms with Gasteiger partial charge < -0.3 is 10.1 Å². The molecule has 0 spiro atoms. The van der Waals surface area contributed by atoms with Crippen LogP contribution in [-0.2, 0) is 11.2 Å². The number of benzene rings is 2. The molecule has 2 aromatic rings. The predicted octanol–water partition coefficient (Wildman–Crippen LogP) is 4.98. The molecule has 0 aliphatic heterocycles. The van der Waals surface area contributed by atoms with Gasteiger partial charge in [0.2, 0.25) is 0 Å². The van der Waals surface area contributed by atoms with Gasteiger partial charge in [-0.1, -0.05) is 61.8 Å². The second-order valence-corrected chi connectivity index (χ2v) is 6.89. The van der Waals surface area contributed by atoms with Crippen LogP contribution in [0.5, 0.6) is 5.75 Å². The molecule has 0 aliphatic carbocycles. The molecule has 1 atom stereocenters. The van der Waals surface area contributed by atoms with Crippen molar-refractivity contribution in [2.75, 3.05) is 6.54 Å². The number of nitrogens with one attached hydrogen (secondary N) is 1. The van der Waals surface area contributed by atoms with Gasteiger partial charge in [0.05, 0.1) is 5.02 Å². The van der Waals surface area contributed by atoms with Crippen LogP contribution in [0.4, 0.5) is 0 Å². The van der Waals surface area contributed by atoms with E-state index in [1.54, 1.807) is 19.1 Å². The zero-order valence-electron chi connectivity index (χ0n) is 15.1. The average Bonchev–Trinajstić information content (AvgIpc) is 2.60. The fraction of sp³-hybridized carbons (Fsp3) is 0.381. The van der Waals surface area contributed by atoms with Gasteiger partial charge >= 0.3 is 0 Å². The molecule has 0 radical (unpaired) electrons. The van der Waals surface area contributed by atoms with E-state index < -0.39 is 6.10 Å². The fourth-order valence-corrected chi connectivity index (χ4v) is 2.68. The molecular weight excluding hydrogens is 334 g/mol. The van der Waals surface area contributed by atoms with E-state index in [4.69, 9.17) is 16.3 Å². The molecule has 2 rings (SSSR count). The largest absolute Gasteiger partial charge is 0.479 e. The molecule has 0 aliphatic rings. The highest BCUT2D eigenvalue weighted by Crippen LogP contribution is 2.24. The van der Waals surface area contributed by atoms with Crippen LogP contribution in [0.1, 0.15) is 44.2 Å². The van der Waals surface area contributed by atoms with Crippen molar-refractivity contribution >= 4 is 17.5 Å². The molecule has 0 bridgehead atoms. The van der Waals surface area contributed by atoms with Crippen LogP contribution in [0, 0.1) is 0 Å². The van der Waals surface area contributed by atoms with Crippen LogP contribution in [0.25, 0.3) is 0 Å². The maximum absolute atomic E-state index is 12.1. The monoisotopic (exact) mass is 359 g/mol. The normalized spacial score (nSPS) is 12.0. The first-order chi connectivity index (χ1) is 12.0. The lowest BCUT2D eigenvalue weighted by molar-refractivity contribution is -0.127. The number of halogens is 1. The summed E-state index contributed by atoms with van der Waals surface area (Å²) in [6.45, 7) is 6.73. The minimum absolute atomic E-state index is 0.130. The Bertz CT molecular complexity index is 683. The van der Waals surface area contributed by atoms with Gasteiger partial charge in [-0.15, -0.1) is 0 Å². The van der Waals surface area contributed by atoms with Gasteiger partial charge in [-0.05, 0) is 48.9 Å². The van der Waals surface area contributed by atoms with Gasteiger partial charge in [0.25, 0.3) is 5.91 Å². The van der Waals surface area contributed by atoms with Gasteiger partial charge in [0.1, 0.15) is 5.75 Å². The third-order valence-corrected chi connectivity index (χ3v) is 4.41. The van der Waals surface area contributed by atoms with Gasteiger partial charge in [0, 0.05) is 6.54 Å². The zero-order chi connectivity index (χ0) is 18.2. The van der Waals surface area contributed by atoms with Crippen molar-refractivity contribution in [2.24, 2.45) is 0 Å². The maximum Gasteiger partial charge on any atom is 0.260 e. The van der Waals surface area contributed by atoms with Gasteiger partial charge in [0.15, 0.2) is 6.10 Å². The van der Waals surface area contributed by atoms with Gasteiger partial charge in [-0.2, -0.15) is 0 Å². The summed E-state index contributed by atoms with van der Waals surface area (Å²) in [6.07, 6.45) is 1.26. The third-order valence-electron chi connectivity index (χ3n) is 4.10. The lowest BCUT2D eigenvalue weighted by Crippen LogP contribution is -2.37. The highest BCUT2D eigenvalue weighted by atomic mass is 35.5. The summed E-state index contributed by atoms with van der Waals surface area (Å²) in [4.78, 5) is 12.1. The van der Waals surface area contributed by atoms with Crippen molar-refractivity contribution in [3.05, 3.63) is 64.7 Å². The topological polar surface area (TPSA) is 38.3 Å². The Morgan fingerprint density at radius 3 is 2.40 bits per heavy atom. The third kappa shape index (κ3) is 6.09. The SMILES string of the molecule is CC(C)c1ccc(CCCNC(=O)[C@H](C)Oc2ccccc2Cl)cc1. The first-order valence-corrected chi connectivity index (χ1v) is 9.13. The van der Waals surface area contributed by atoms with Crippen LogP contribution < -0.4 is 10.1 Å². The second kappa shape index (κ2) is 9.47. The first kappa shape index (κ1) is 19.3. The number of hydrogen-bond acceptors (Lipinski definition) is 2. The van der Waals surface area contributed by atoms with Crippen molar-refractivity contribution < 1.29 is 9.53 Å². The molecule has 2 aromatic carbocycles. The molecule has 1 N–H and O–H groups in total. The lowest BCUT2D eigenvalue weighted by atomic mass is 10.0. The number of aryl methyl sites for hydroxylation is 1. The second-order valence-electron chi connectivity index (χ2n) is 6.48. The standard InChI is InChI=1S/C21H26ClNO2/c1-15(2)18-12-10-17(11-13-18)7-6-14-23-21(24)16(3)25-20-9-5-4-8-19(20)22/h4-5,8-13,15-16H,6-7,14H2,1-3H3,(H,23,24)/t16-/m0/s1. The van der Waals surface area contributed by atoms with Crippen molar-refractivity contribution in [3.8, 4) is 5.75 Å². The molecule has 134 valence electrons. The first-order valence-electron chi connectivity index (χ1n) is 8.75. The molecule has 4 heteroatoms. The summed E-state index contributed by atoms with van der Waals surface area (Å²) in [7, 11) is 0. The van der Waals surface area contributed by atoms with E-state index in [1.807, 2.05) is 12.1 Å². The van der Waals surface area contributed by atoms with Crippen LogP contribution in [0.15, 0.2) is 48.5 Å². The highest BCUT2D eigenvalue weighted by molar-refractivity contribution is 6.32. The van der Waals surface area contributed by atoms with E-state index in [-0.39, 0.29) is 5.91 Å². The number of hydrogen-bond donors (Lipinski definition) is 1. The minimum Gasteiger partial charge on any atom is -0.479 e. The Balaban J connectivity index is 1.72. The van der Waals surface area contributed by atoms with Crippen molar-refractivity contribution in [3.63, 3.8) is 0 Å². The Kier molecular flexibility index (Phi) is 7.32. The minimum atomic E-state index is -0.578. The van der Waals surface area contributed by atoms with Crippen molar-refractivity contribution in [1.29, 1.82) is 0 Å². The molecule has 0 unspecified atom stereocenters. The molecule has 0 fully saturated rings. The number of para-hydroxylation sites is 1. The van der Waals surface area contributed by atoms with E-state index >= 15 is 0 Å². The Labute approximate surface area is 155 Å². The summed E-state index contributed by atoms with van der Waals surface area (Å²) in [5, 5.41) is 3.42. The molecule has 0 aromatic heterocycles. The Morgan fingerprint density at radius 2 is 1.76 bits per heavy atom. The van der Waals surface area contributed by atoms with Crippen LogP contribution in [-0.4, -0.2) is 18.6 Å². The summed E-state index contributed by atoms with van der Waals surface area (Å²) >= 11 is 6.04. The summed E-state index contributed by atoms with van der Waals surface area (Å²) in [5.74, 6) is 0.945. The van der Waals surface area contributed by atoms with Crippen molar-refractivity contribution in [2.45, 2.75) is 45.6 Å². The van der Waals surface area contributed by atoms with Crippen molar-refractivity contribution in [1.82, 2.24) is 5.32 Å². The number of ether oxygens (including phenoxy) is 1. The summed E-state index contributed by atoms with van der Waals surface area (Å²) < 4.78 is 5.61. The maximum atomic E-state index is 12.1. The predicted molar refractivity (Wildman–Crippen MR) is 103 cm³/mol. The number of rotatable bonds is 8. The summed E-state index contributed by atoms with van der Waals surface area (Å²) in [6, 6.07) is 15.8. The molecule has 3 nitrogen and oxygen atoms in total. The van der Waals surface area contributed by atoms with Gasteiger partial charge in [-0.3, -0.25) is 4.79 Å². The lowest BCUT2D eigenvalue weighted by Gasteiger charge is -2.15. The zero-order valence-corrected chi connectivity index (χ0v) is 15.8.